The number of likely N-dealkylation sites (tertiary alicyclic amines) is 1. The zero-order valence-corrected chi connectivity index (χ0v) is 11.0. The third-order valence-electron chi connectivity index (χ3n) is 3.12. The highest BCUT2D eigenvalue weighted by atomic mass is 32.2. The minimum atomic E-state index is -0.667. The fraction of sp³-hybridized carbons (Fsp3) is 1.00. The predicted octanol–water partition coefficient (Wildman–Crippen LogP) is 0.827. The number of nitrogens with one attached hydrogen (secondary N) is 1. The summed E-state index contributed by atoms with van der Waals surface area (Å²) in [4.78, 5) is 2.47. The monoisotopic (exact) mass is 232 g/mol. The number of hydrogen-bond donors (Lipinski definition) is 1. The molecule has 2 unspecified atom stereocenters. The van der Waals surface area contributed by atoms with Crippen LogP contribution < -0.4 is 5.32 Å². The molecule has 1 aliphatic heterocycles. The van der Waals surface area contributed by atoms with E-state index in [1.165, 1.54) is 12.8 Å². The average Bonchev–Trinajstić information content (AvgIpc) is 2.18. The normalized spacial score (nSPS) is 23.9. The van der Waals surface area contributed by atoms with Crippen LogP contribution in [0.25, 0.3) is 0 Å². The van der Waals surface area contributed by atoms with Crippen molar-refractivity contribution in [3.63, 3.8) is 0 Å². The van der Waals surface area contributed by atoms with Gasteiger partial charge < -0.3 is 5.32 Å². The molecule has 1 rings (SSSR count). The topological polar surface area (TPSA) is 32.3 Å². The molecule has 0 aromatic rings. The van der Waals surface area contributed by atoms with Crippen LogP contribution in [0.1, 0.15) is 26.7 Å². The van der Waals surface area contributed by atoms with Crippen LogP contribution in [0.2, 0.25) is 0 Å². The van der Waals surface area contributed by atoms with Gasteiger partial charge in [-0.1, -0.05) is 6.92 Å². The van der Waals surface area contributed by atoms with E-state index in [4.69, 9.17) is 0 Å². The van der Waals surface area contributed by atoms with Crippen LogP contribution in [0, 0.1) is 0 Å². The van der Waals surface area contributed by atoms with Crippen LogP contribution in [0.4, 0.5) is 0 Å². The van der Waals surface area contributed by atoms with Crippen molar-refractivity contribution in [2.45, 2.75) is 38.8 Å². The smallest absolute Gasteiger partial charge is 0.0385 e. The van der Waals surface area contributed by atoms with Gasteiger partial charge in [-0.3, -0.25) is 9.11 Å². The van der Waals surface area contributed by atoms with Crippen molar-refractivity contribution >= 4 is 10.8 Å². The number of piperidine rings is 1. The molecule has 0 bridgehead atoms. The van der Waals surface area contributed by atoms with Gasteiger partial charge in [0.15, 0.2) is 0 Å². The van der Waals surface area contributed by atoms with E-state index >= 15 is 0 Å². The Kier molecular flexibility index (Phi) is 5.79. The molecule has 1 saturated heterocycles. The lowest BCUT2D eigenvalue weighted by molar-refractivity contribution is 0.164. The summed E-state index contributed by atoms with van der Waals surface area (Å²) < 4.78 is 11.1. The molecule has 2 atom stereocenters. The molecule has 0 aromatic carbocycles. The lowest BCUT2D eigenvalue weighted by Crippen LogP contribution is -2.47. The molecule has 1 aliphatic rings. The van der Waals surface area contributed by atoms with Gasteiger partial charge in [0.25, 0.3) is 0 Å². The molecule has 1 heterocycles. The first-order chi connectivity index (χ1) is 7.13. The van der Waals surface area contributed by atoms with E-state index in [1.54, 1.807) is 6.26 Å². The second-order valence-electron chi connectivity index (χ2n) is 4.46. The van der Waals surface area contributed by atoms with Gasteiger partial charge in [-0.25, -0.2) is 0 Å². The van der Waals surface area contributed by atoms with Gasteiger partial charge in [0.1, 0.15) is 0 Å². The van der Waals surface area contributed by atoms with E-state index in [0.717, 1.165) is 25.4 Å². The summed E-state index contributed by atoms with van der Waals surface area (Å²) in [5.41, 5.74) is 0. The molecule has 0 aliphatic carbocycles. The third-order valence-corrected chi connectivity index (χ3v) is 4.07. The third kappa shape index (κ3) is 4.62. The van der Waals surface area contributed by atoms with Crippen LogP contribution in [0.15, 0.2) is 0 Å². The van der Waals surface area contributed by atoms with Gasteiger partial charge in [0.2, 0.25) is 0 Å². The van der Waals surface area contributed by atoms with Crippen molar-refractivity contribution in [1.82, 2.24) is 10.2 Å². The second kappa shape index (κ2) is 6.61. The molecule has 0 spiro atoms. The quantitative estimate of drug-likeness (QED) is 0.762. The molecule has 1 N–H and O–H groups in total. The van der Waals surface area contributed by atoms with E-state index < -0.39 is 10.8 Å². The van der Waals surface area contributed by atoms with Gasteiger partial charge in [-0.05, 0) is 39.4 Å². The fourth-order valence-corrected chi connectivity index (χ4v) is 3.17. The molecule has 0 radical (unpaired) electrons. The minimum Gasteiger partial charge on any atom is -0.314 e. The van der Waals surface area contributed by atoms with Crippen LogP contribution in [0.3, 0.4) is 0 Å². The summed E-state index contributed by atoms with van der Waals surface area (Å²) in [5, 5.41) is 3.50. The fourth-order valence-electron chi connectivity index (χ4n) is 2.28. The van der Waals surface area contributed by atoms with Gasteiger partial charge in [-0.15, -0.1) is 0 Å². The van der Waals surface area contributed by atoms with Crippen LogP contribution in [-0.4, -0.2) is 52.8 Å². The molecule has 0 aromatic heterocycles. The Bertz CT molecular complexity index is 203. The summed E-state index contributed by atoms with van der Waals surface area (Å²) in [6, 6.07) is 1.17. The van der Waals surface area contributed by atoms with Crippen LogP contribution in [-0.2, 0) is 10.8 Å². The second-order valence-corrected chi connectivity index (χ2v) is 5.94. The summed E-state index contributed by atoms with van der Waals surface area (Å²) in [6.45, 7) is 7.72. The van der Waals surface area contributed by atoms with E-state index in [0.29, 0.717) is 12.1 Å². The highest BCUT2D eigenvalue weighted by Crippen LogP contribution is 2.13. The van der Waals surface area contributed by atoms with Crippen molar-refractivity contribution < 1.29 is 4.21 Å². The zero-order valence-electron chi connectivity index (χ0n) is 10.2. The van der Waals surface area contributed by atoms with E-state index in [2.05, 4.69) is 24.1 Å². The molecule has 1 fully saturated rings. The SMILES string of the molecule is CCNC1CCN(C(C)CS(C)=O)CC1. The van der Waals surface area contributed by atoms with Crippen molar-refractivity contribution in [3.05, 3.63) is 0 Å². The minimum absolute atomic E-state index is 0.471. The number of nitrogens with zero attached hydrogens (tertiary/aromatic N) is 1. The summed E-state index contributed by atoms with van der Waals surface area (Å²) in [5.74, 6) is 0.811. The standard InChI is InChI=1S/C11H24N2OS/c1-4-12-11-5-7-13(8-6-11)10(2)9-15(3)14/h10-12H,4-9H2,1-3H3. The van der Waals surface area contributed by atoms with E-state index in [1.807, 2.05) is 0 Å². The maximum atomic E-state index is 11.1. The summed E-state index contributed by atoms with van der Waals surface area (Å²) in [7, 11) is -0.667. The predicted molar refractivity (Wildman–Crippen MR) is 66.7 cm³/mol. The first kappa shape index (κ1) is 13.1. The summed E-state index contributed by atoms with van der Waals surface area (Å²) in [6.07, 6.45) is 4.25. The molecule has 0 saturated carbocycles. The van der Waals surface area contributed by atoms with E-state index in [9.17, 15) is 4.21 Å². The molecular formula is C11H24N2OS. The number of hydrogen-bond acceptors (Lipinski definition) is 3. The molecule has 0 amide bonds. The van der Waals surface area contributed by atoms with Gasteiger partial charge in [0.05, 0.1) is 0 Å². The Labute approximate surface area is 96.1 Å². The highest BCUT2D eigenvalue weighted by Gasteiger charge is 2.22. The maximum absolute atomic E-state index is 11.1. The molecule has 15 heavy (non-hydrogen) atoms. The molecule has 90 valence electrons. The molecule has 4 heteroatoms. The largest absolute Gasteiger partial charge is 0.314 e. The Morgan fingerprint density at radius 3 is 2.53 bits per heavy atom. The van der Waals surface area contributed by atoms with Crippen molar-refractivity contribution in [2.75, 3.05) is 31.6 Å². The van der Waals surface area contributed by atoms with Gasteiger partial charge >= 0.3 is 0 Å². The maximum Gasteiger partial charge on any atom is 0.0385 e. The Morgan fingerprint density at radius 2 is 2.07 bits per heavy atom. The highest BCUT2D eigenvalue weighted by molar-refractivity contribution is 7.84. The average molecular weight is 232 g/mol. The van der Waals surface area contributed by atoms with Crippen LogP contribution >= 0.6 is 0 Å². The van der Waals surface area contributed by atoms with E-state index in [-0.39, 0.29) is 0 Å². The Hall–Kier alpha value is 0.0700. The lowest BCUT2D eigenvalue weighted by atomic mass is 10.0. The van der Waals surface area contributed by atoms with Gasteiger partial charge in [0, 0.05) is 34.9 Å². The van der Waals surface area contributed by atoms with Crippen molar-refractivity contribution in [2.24, 2.45) is 0 Å². The van der Waals surface area contributed by atoms with Crippen molar-refractivity contribution in [3.8, 4) is 0 Å². The first-order valence-electron chi connectivity index (χ1n) is 5.91. The van der Waals surface area contributed by atoms with Gasteiger partial charge in [-0.2, -0.15) is 0 Å². The van der Waals surface area contributed by atoms with Crippen molar-refractivity contribution in [1.29, 1.82) is 0 Å². The lowest BCUT2D eigenvalue weighted by Gasteiger charge is -2.36. The molecular weight excluding hydrogens is 208 g/mol. The zero-order chi connectivity index (χ0) is 11.3. The Morgan fingerprint density at radius 1 is 1.47 bits per heavy atom. The first-order valence-corrected chi connectivity index (χ1v) is 7.63. The number of rotatable bonds is 5. The van der Waals surface area contributed by atoms with Crippen LogP contribution in [0.5, 0.6) is 0 Å². The molecule has 3 nitrogen and oxygen atoms in total. The summed E-state index contributed by atoms with van der Waals surface area (Å²) >= 11 is 0. The Balaban J connectivity index is 2.27.